The summed E-state index contributed by atoms with van der Waals surface area (Å²) >= 11 is 3.69. The van der Waals surface area contributed by atoms with Crippen molar-refractivity contribution in [3.05, 3.63) is 17.5 Å². The molecule has 5 heteroatoms. The molecule has 2 atom stereocenters. The number of amides is 1. The zero-order valence-corrected chi connectivity index (χ0v) is 11.4. The summed E-state index contributed by atoms with van der Waals surface area (Å²) in [7, 11) is 0. The number of aromatic amines is 1. The van der Waals surface area contributed by atoms with Crippen LogP contribution in [0.15, 0.2) is 6.20 Å². The Bertz CT molecular complexity index is 431. The highest BCUT2D eigenvalue weighted by Crippen LogP contribution is 2.39. The monoisotopic (exact) mass is 297 g/mol. The zero-order valence-electron chi connectivity index (χ0n) is 9.82. The average molecular weight is 298 g/mol. The third-order valence-corrected chi connectivity index (χ3v) is 4.72. The predicted octanol–water partition coefficient (Wildman–Crippen LogP) is 2.25. The van der Waals surface area contributed by atoms with Crippen LogP contribution >= 0.6 is 15.9 Å². The van der Waals surface area contributed by atoms with Crippen molar-refractivity contribution in [2.75, 3.05) is 0 Å². The highest BCUT2D eigenvalue weighted by atomic mass is 79.9. The Morgan fingerprint density at radius 2 is 2.12 bits per heavy atom. The van der Waals surface area contributed by atoms with Gasteiger partial charge >= 0.3 is 0 Å². The number of halogens is 1. The first-order valence-electron chi connectivity index (χ1n) is 6.13. The van der Waals surface area contributed by atoms with Crippen LogP contribution in [0.25, 0.3) is 0 Å². The molecule has 0 saturated carbocycles. The number of rotatable bonds is 1. The van der Waals surface area contributed by atoms with Crippen molar-refractivity contribution < 1.29 is 4.79 Å². The van der Waals surface area contributed by atoms with Crippen LogP contribution in [0.4, 0.5) is 0 Å². The number of H-pyrrole nitrogens is 1. The van der Waals surface area contributed by atoms with Gasteiger partial charge in [0.25, 0.3) is 5.91 Å². The summed E-state index contributed by atoms with van der Waals surface area (Å²) in [5.74, 6) is 0.156. The second-order valence-corrected chi connectivity index (χ2v) is 6.37. The molecular weight excluding hydrogens is 282 g/mol. The molecule has 1 N–H and O–H groups in total. The number of hydrogen-bond donors (Lipinski definition) is 1. The van der Waals surface area contributed by atoms with Gasteiger partial charge in [-0.3, -0.25) is 9.89 Å². The summed E-state index contributed by atoms with van der Waals surface area (Å²) in [5, 5.41) is 6.78. The smallest absolute Gasteiger partial charge is 0.257 e. The Hall–Kier alpha value is -0.840. The third-order valence-electron chi connectivity index (χ3n) is 3.97. The van der Waals surface area contributed by atoms with E-state index >= 15 is 0 Å². The van der Waals surface area contributed by atoms with Crippen LogP contribution in [0.3, 0.4) is 0 Å². The molecular formula is C12H16BrN3O. The molecule has 0 aliphatic carbocycles. The molecule has 2 saturated heterocycles. The number of fused-ring (bicyclic) bond motifs is 2. The van der Waals surface area contributed by atoms with Crippen molar-refractivity contribution in [1.29, 1.82) is 0 Å². The summed E-state index contributed by atoms with van der Waals surface area (Å²) in [6.45, 7) is 1.90. The van der Waals surface area contributed by atoms with E-state index in [4.69, 9.17) is 0 Å². The molecule has 1 aromatic rings. The van der Waals surface area contributed by atoms with Crippen LogP contribution in [-0.2, 0) is 0 Å². The van der Waals surface area contributed by atoms with Gasteiger partial charge in [-0.1, -0.05) is 15.9 Å². The van der Waals surface area contributed by atoms with Crippen LogP contribution < -0.4 is 0 Å². The van der Waals surface area contributed by atoms with E-state index in [2.05, 4.69) is 31.0 Å². The lowest BCUT2D eigenvalue weighted by atomic mass is 10.0. The lowest BCUT2D eigenvalue weighted by Gasteiger charge is -2.37. The molecule has 2 bridgehead atoms. The van der Waals surface area contributed by atoms with Gasteiger partial charge in [0.2, 0.25) is 0 Å². The molecule has 2 unspecified atom stereocenters. The highest BCUT2D eigenvalue weighted by molar-refractivity contribution is 9.09. The van der Waals surface area contributed by atoms with E-state index in [0.717, 1.165) is 36.9 Å². The fourth-order valence-corrected chi connectivity index (χ4v) is 4.01. The molecule has 3 rings (SSSR count). The molecule has 0 aromatic carbocycles. The second kappa shape index (κ2) is 4.12. The minimum absolute atomic E-state index is 0.156. The van der Waals surface area contributed by atoms with E-state index in [1.54, 1.807) is 6.20 Å². The zero-order chi connectivity index (χ0) is 12.0. The fraction of sp³-hybridized carbons (Fsp3) is 0.667. The number of hydrogen-bond acceptors (Lipinski definition) is 2. The Morgan fingerprint density at radius 3 is 2.65 bits per heavy atom. The SMILES string of the molecule is Cc1[nH]ncc1C(=O)N1C2CCC1CC(Br)C2. The fourth-order valence-electron chi connectivity index (χ4n) is 3.15. The number of aromatic nitrogens is 2. The Kier molecular flexibility index (Phi) is 2.73. The predicted molar refractivity (Wildman–Crippen MR) is 68.3 cm³/mol. The quantitative estimate of drug-likeness (QED) is 0.808. The molecule has 0 radical (unpaired) electrons. The normalized spacial score (nSPS) is 31.9. The first kappa shape index (κ1) is 11.3. The summed E-state index contributed by atoms with van der Waals surface area (Å²) < 4.78 is 0. The molecule has 1 amide bonds. The van der Waals surface area contributed by atoms with Gasteiger partial charge in [0, 0.05) is 22.6 Å². The van der Waals surface area contributed by atoms with Crippen molar-refractivity contribution in [2.45, 2.75) is 49.5 Å². The van der Waals surface area contributed by atoms with Gasteiger partial charge in [-0.2, -0.15) is 5.10 Å². The number of carbonyl (C=O) groups excluding carboxylic acids is 1. The van der Waals surface area contributed by atoms with Gasteiger partial charge in [-0.15, -0.1) is 0 Å². The van der Waals surface area contributed by atoms with Crippen molar-refractivity contribution in [3.8, 4) is 0 Å². The van der Waals surface area contributed by atoms with Crippen molar-refractivity contribution in [3.63, 3.8) is 0 Å². The van der Waals surface area contributed by atoms with Crippen LogP contribution in [-0.4, -0.2) is 37.9 Å². The summed E-state index contributed by atoms with van der Waals surface area (Å²) in [6, 6.07) is 0.833. The molecule has 2 fully saturated rings. The first-order chi connectivity index (χ1) is 8.16. The maximum absolute atomic E-state index is 12.5. The van der Waals surface area contributed by atoms with Crippen molar-refractivity contribution in [1.82, 2.24) is 15.1 Å². The van der Waals surface area contributed by atoms with Gasteiger partial charge in [0.15, 0.2) is 0 Å². The number of alkyl halides is 1. The van der Waals surface area contributed by atoms with E-state index in [-0.39, 0.29) is 5.91 Å². The van der Waals surface area contributed by atoms with Gasteiger partial charge < -0.3 is 4.90 Å². The first-order valence-corrected chi connectivity index (χ1v) is 7.05. The van der Waals surface area contributed by atoms with Crippen LogP contribution in [0.2, 0.25) is 0 Å². The maximum Gasteiger partial charge on any atom is 0.257 e. The largest absolute Gasteiger partial charge is 0.332 e. The Balaban J connectivity index is 1.86. The number of carbonyl (C=O) groups is 1. The van der Waals surface area contributed by atoms with Crippen molar-refractivity contribution in [2.24, 2.45) is 0 Å². The minimum atomic E-state index is 0.156. The highest BCUT2D eigenvalue weighted by Gasteiger charge is 2.43. The standard InChI is InChI=1S/C12H16BrN3O/c1-7-11(6-14-15-7)12(17)16-9-2-3-10(16)5-8(13)4-9/h6,8-10H,2-5H2,1H3,(H,14,15). The van der Waals surface area contributed by atoms with Crippen LogP contribution in [0.1, 0.15) is 41.7 Å². The molecule has 92 valence electrons. The Morgan fingerprint density at radius 1 is 1.47 bits per heavy atom. The summed E-state index contributed by atoms with van der Waals surface area (Å²) in [6.07, 6.45) is 6.11. The number of aryl methyl sites for hydroxylation is 1. The molecule has 17 heavy (non-hydrogen) atoms. The lowest BCUT2D eigenvalue weighted by Crippen LogP contribution is -2.46. The van der Waals surface area contributed by atoms with Gasteiger partial charge in [-0.25, -0.2) is 0 Å². The molecule has 2 aliphatic heterocycles. The topological polar surface area (TPSA) is 49.0 Å². The van der Waals surface area contributed by atoms with Gasteiger partial charge in [0.05, 0.1) is 11.8 Å². The molecule has 1 aromatic heterocycles. The summed E-state index contributed by atoms with van der Waals surface area (Å²) in [5.41, 5.74) is 1.60. The average Bonchev–Trinajstić information content (AvgIpc) is 2.81. The molecule has 3 heterocycles. The molecule has 0 spiro atoms. The Labute approximate surface area is 109 Å². The van der Waals surface area contributed by atoms with E-state index in [1.165, 1.54) is 0 Å². The maximum atomic E-state index is 12.5. The van der Waals surface area contributed by atoms with E-state index in [0.29, 0.717) is 16.9 Å². The molecule has 2 aliphatic rings. The summed E-state index contributed by atoms with van der Waals surface area (Å²) in [4.78, 5) is 15.2. The van der Waals surface area contributed by atoms with Crippen molar-refractivity contribution >= 4 is 21.8 Å². The van der Waals surface area contributed by atoms with E-state index < -0.39 is 0 Å². The lowest BCUT2D eigenvalue weighted by molar-refractivity contribution is 0.0603. The van der Waals surface area contributed by atoms with E-state index in [9.17, 15) is 4.79 Å². The van der Waals surface area contributed by atoms with E-state index in [1.807, 2.05) is 6.92 Å². The molecule has 4 nitrogen and oxygen atoms in total. The minimum Gasteiger partial charge on any atom is -0.332 e. The number of nitrogens with one attached hydrogen (secondary N) is 1. The number of piperidine rings is 1. The second-order valence-electron chi connectivity index (χ2n) is 5.07. The van der Waals surface area contributed by atoms with Gasteiger partial charge in [0.1, 0.15) is 0 Å². The van der Waals surface area contributed by atoms with Gasteiger partial charge in [-0.05, 0) is 32.6 Å². The number of nitrogens with zero attached hydrogens (tertiary/aromatic N) is 2. The van der Waals surface area contributed by atoms with Crippen LogP contribution in [0.5, 0.6) is 0 Å². The van der Waals surface area contributed by atoms with Crippen LogP contribution in [0, 0.1) is 6.92 Å². The third kappa shape index (κ3) is 1.80.